The lowest BCUT2D eigenvalue weighted by Gasteiger charge is -2.29. The van der Waals surface area contributed by atoms with Crippen LogP contribution in [0.3, 0.4) is 0 Å². The topological polar surface area (TPSA) is 46.5 Å². The molecule has 108 valence electrons. The predicted octanol–water partition coefficient (Wildman–Crippen LogP) is 3.92. The molecule has 3 rings (SSSR count). The first kappa shape index (κ1) is 14.4. The Morgan fingerprint density at radius 3 is 2.48 bits per heavy atom. The van der Waals surface area contributed by atoms with Crippen LogP contribution >= 0.6 is 23.2 Å². The van der Waals surface area contributed by atoms with Crippen LogP contribution in [0, 0.1) is 5.92 Å². The van der Waals surface area contributed by atoms with Crippen LogP contribution in [0.1, 0.15) is 22.0 Å². The summed E-state index contributed by atoms with van der Waals surface area (Å²) in [7, 11) is 0. The minimum atomic E-state index is -0.935. The highest BCUT2D eigenvalue weighted by Gasteiger charge is 2.35. The van der Waals surface area contributed by atoms with Gasteiger partial charge in [-0.3, -0.25) is 4.79 Å². The fraction of sp³-hybridized carbons (Fsp3) is 0.188. The zero-order valence-corrected chi connectivity index (χ0v) is 12.4. The highest BCUT2D eigenvalue weighted by atomic mass is 35.5. The number of hydrogen-bond acceptors (Lipinski definition) is 3. The van der Waals surface area contributed by atoms with E-state index in [-0.39, 0.29) is 12.4 Å². The van der Waals surface area contributed by atoms with Gasteiger partial charge in [-0.2, -0.15) is 0 Å². The molecule has 5 heteroatoms. The summed E-state index contributed by atoms with van der Waals surface area (Å²) in [6.45, 7) is 0.136. The Hall–Kier alpha value is -1.55. The monoisotopic (exact) mass is 322 g/mol. The number of carbonyl (C=O) groups is 1. The Morgan fingerprint density at radius 1 is 1.10 bits per heavy atom. The standard InChI is InChI=1S/C16H12Cl2O3/c17-10-3-1-9(2-4-10)15(19)13-8-21-14-6-5-11(18)7-12(14)16(13)20/h1-7,13,16,20H,8H2. The van der Waals surface area contributed by atoms with Gasteiger partial charge in [-0.15, -0.1) is 0 Å². The maximum atomic E-state index is 12.5. The van der Waals surface area contributed by atoms with Crippen LogP contribution in [0.2, 0.25) is 10.0 Å². The summed E-state index contributed by atoms with van der Waals surface area (Å²) in [6.07, 6.45) is -0.935. The molecule has 0 saturated carbocycles. The second kappa shape index (κ2) is 5.68. The molecule has 3 nitrogen and oxygen atoms in total. The molecule has 0 saturated heterocycles. The van der Waals surface area contributed by atoms with Crippen molar-refractivity contribution in [1.29, 1.82) is 0 Å². The quantitative estimate of drug-likeness (QED) is 0.852. The Kier molecular flexibility index (Phi) is 3.89. The molecule has 1 aliphatic rings. The van der Waals surface area contributed by atoms with Crippen molar-refractivity contribution >= 4 is 29.0 Å². The van der Waals surface area contributed by atoms with Crippen molar-refractivity contribution in [3.8, 4) is 5.75 Å². The molecule has 0 bridgehead atoms. The molecule has 0 amide bonds. The van der Waals surface area contributed by atoms with E-state index in [9.17, 15) is 9.90 Å². The molecule has 21 heavy (non-hydrogen) atoms. The summed E-state index contributed by atoms with van der Waals surface area (Å²) < 4.78 is 5.56. The van der Waals surface area contributed by atoms with E-state index in [1.807, 2.05) is 0 Å². The number of benzene rings is 2. The Labute approximate surface area is 132 Å². The van der Waals surface area contributed by atoms with E-state index in [4.69, 9.17) is 27.9 Å². The van der Waals surface area contributed by atoms with E-state index in [1.165, 1.54) is 0 Å². The van der Waals surface area contributed by atoms with Crippen LogP contribution in [-0.4, -0.2) is 17.5 Å². The van der Waals surface area contributed by atoms with Crippen LogP contribution in [0.5, 0.6) is 5.75 Å². The van der Waals surface area contributed by atoms with Gasteiger partial charge in [0.15, 0.2) is 5.78 Å². The summed E-state index contributed by atoms with van der Waals surface area (Å²) in [4.78, 5) is 12.5. The van der Waals surface area contributed by atoms with Gasteiger partial charge in [0.25, 0.3) is 0 Å². The SMILES string of the molecule is O=C(c1ccc(Cl)cc1)C1COc2ccc(Cl)cc2C1O. The molecule has 2 aromatic carbocycles. The summed E-state index contributed by atoms with van der Waals surface area (Å²) in [5, 5.41) is 11.5. The third kappa shape index (κ3) is 2.77. The van der Waals surface area contributed by atoms with Gasteiger partial charge >= 0.3 is 0 Å². The fourth-order valence-electron chi connectivity index (χ4n) is 2.42. The molecule has 2 atom stereocenters. The molecule has 0 radical (unpaired) electrons. The Morgan fingerprint density at radius 2 is 1.76 bits per heavy atom. The van der Waals surface area contributed by atoms with E-state index in [1.54, 1.807) is 42.5 Å². The molecular weight excluding hydrogens is 311 g/mol. The van der Waals surface area contributed by atoms with E-state index >= 15 is 0 Å². The lowest BCUT2D eigenvalue weighted by Crippen LogP contribution is -2.32. The van der Waals surface area contributed by atoms with Crippen LogP contribution in [0.25, 0.3) is 0 Å². The number of aliphatic hydroxyl groups excluding tert-OH is 1. The number of ketones is 1. The minimum absolute atomic E-state index is 0.136. The molecule has 1 aliphatic heterocycles. The summed E-state index contributed by atoms with van der Waals surface area (Å²) in [5.74, 6) is -0.269. The van der Waals surface area contributed by atoms with Gasteiger partial charge in [-0.25, -0.2) is 0 Å². The number of hydrogen-bond donors (Lipinski definition) is 1. The summed E-state index contributed by atoms with van der Waals surface area (Å²) >= 11 is 11.8. The fourth-order valence-corrected chi connectivity index (χ4v) is 2.72. The average molecular weight is 323 g/mol. The molecule has 2 aromatic rings. The number of ether oxygens (including phenoxy) is 1. The second-order valence-corrected chi connectivity index (χ2v) is 5.79. The van der Waals surface area contributed by atoms with Gasteiger partial charge in [0.1, 0.15) is 12.4 Å². The van der Waals surface area contributed by atoms with E-state index < -0.39 is 12.0 Å². The zero-order chi connectivity index (χ0) is 15.0. The van der Waals surface area contributed by atoms with E-state index in [2.05, 4.69) is 0 Å². The van der Waals surface area contributed by atoms with Crippen LogP contribution in [0.4, 0.5) is 0 Å². The van der Waals surface area contributed by atoms with Crippen molar-refractivity contribution < 1.29 is 14.6 Å². The smallest absolute Gasteiger partial charge is 0.172 e. The highest BCUT2D eigenvalue weighted by Crippen LogP contribution is 2.38. The van der Waals surface area contributed by atoms with Crippen molar-refractivity contribution in [2.45, 2.75) is 6.10 Å². The largest absolute Gasteiger partial charge is 0.492 e. The molecular formula is C16H12Cl2O3. The van der Waals surface area contributed by atoms with Crippen LogP contribution in [-0.2, 0) is 0 Å². The Balaban J connectivity index is 1.90. The maximum Gasteiger partial charge on any atom is 0.172 e. The molecule has 2 unspecified atom stereocenters. The van der Waals surface area contributed by atoms with Gasteiger partial charge in [0.2, 0.25) is 0 Å². The zero-order valence-electron chi connectivity index (χ0n) is 10.9. The number of fused-ring (bicyclic) bond motifs is 1. The summed E-state index contributed by atoms with van der Waals surface area (Å²) in [5.41, 5.74) is 1.04. The predicted molar refractivity (Wildman–Crippen MR) is 81.2 cm³/mol. The molecule has 0 fully saturated rings. The number of Topliss-reactive ketones (excluding diaryl/α,β-unsaturated/α-hetero) is 1. The van der Waals surface area contributed by atoms with E-state index in [0.717, 1.165) is 0 Å². The van der Waals surface area contributed by atoms with Crippen molar-refractivity contribution in [3.05, 3.63) is 63.6 Å². The average Bonchev–Trinajstić information content (AvgIpc) is 2.48. The van der Waals surface area contributed by atoms with Gasteiger partial charge in [0, 0.05) is 21.2 Å². The van der Waals surface area contributed by atoms with Crippen molar-refractivity contribution in [2.75, 3.05) is 6.61 Å². The molecule has 0 aromatic heterocycles. The first-order valence-electron chi connectivity index (χ1n) is 6.46. The third-order valence-electron chi connectivity index (χ3n) is 3.56. The van der Waals surface area contributed by atoms with Crippen molar-refractivity contribution in [1.82, 2.24) is 0 Å². The second-order valence-electron chi connectivity index (χ2n) is 4.92. The number of aliphatic hydroxyl groups is 1. The van der Waals surface area contributed by atoms with Gasteiger partial charge in [-0.1, -0.05) is 23.2 Å². The molecule has 0 spiro atoms. The normalized spacial score (nSPS) is 20.5. The number of rotatable bonds is 2. The molecule has 1 heterocycles. The highest BCUT2D eigenvalue weighted by molar-refractivity contribution is 6.31. The van der Waals surface area contributed by atoms with Crippen LogP contribution < -0.4 is 4.74 Å². The van der Waals surface area contributed by atoms with Crippen LogP contribution in [0.15, 0.2) is 42.5 Å². The van der Waals surface area contributed by atoms with E-state index in [0.29, 0.717) is 26.9 Å². The van der Waals surface area contributed by atoms with Gasteiger partial charge in [0.05, 0.1) is 12.0 Å². The first-order chi connectivity index (χ1) is 10.1. The number of halogens is 2. The maximum absolute atomic E-state index is 12.5. The molecule has 1 N–H and O–H groups in total. The van der Waals surface area contributed by atoms with Crippen molar-refractivity contribution in [3.63, 3.8) is 0 Å². The van der Waals surface area contributed by atoms with Gasteiger partial charge < -0.3 is 9.84 Å². The van der Waals surface area contributed by atoms with Gasteiger partial charge in [-0.05, 0) is 42.5 Å². The lowest BCUT2D eigenvalue weighted by atomic mass is 9.87. The minimum Gasteiger partial charge on any atom is -0.492 e. The molecule has 0 aliphatic carbocycles. The van der Waals surface area contributed by atoms with Crippen molar-refractivity contribution in [2.24, 2.45) is 5.92 Å². The third-order valence-corrected chi connectivity index (χ3v) is 4.04. The lowest BCUT2D eigenvalue weighted by molar-refractivity contribution is 0.0418. The number of carbonyl (C=O) groups excluding carboxylic acids is 1. The summed E-state index contributed by atoms with van der Waals surface area (Å²) in [6, 6.07) is 11.6. The Bertz CT molecular complexity index is 682. The first-order valence-corrected chi connectivity index (χ1v) is 7.22.